The molecule has 0 unspecified atom stereocenters. The van der Waals surface area contributed by atoms with Crippen molar-refractivity contribution in [1.82, 2.24) is 15.0 Å². The van der Waals surface area contributed by atoms with Crippen LogP contribution in [-0.2, 0) is 4.79 Å². The Kier molecular flexibility index (Phi) is 2.94. The molecule has 2 atom stereocenters. The lowest BCUT2D eigenvalue weighted by atomic mass is 9.93. The molecule has 0 bridgehead atoms. The first-order valence-corrected chi connectivity index (χ1v) is 5.65. The zero-order valence-electron chi connectivity index (χ0n) is 9.93. The highest BCUT2D eigenvalue weighted by molar-refractivity contribution is 5.73. The summed E-state index contributed by atoms with van der Waals surface area (Å²) in [4.78, 5) is 17.6. The van der Waals surface area contributed by atoms with Gasteiger partial charge in [0.05, 0.1) is 0 Å². The van der Waals surface area contributed by atoms with Crippen LogP contribution in [0.1, 0.15) is 44.3 Å². The third kappa shape index (κ3) is 2.08. The Morgan fingerprint density at radius 1 is 1.50 bits per heavy atom. The van der Waals surface area contributed by atoms with Gasteiger partial charge in [0.25, 0.3) is 0 Å². The predicted molar refractivity (Wildman–Crippen MR) is 57.9 cm³/mol. The number of amides is 1. The lowest BCUT2D eigenvalue weighted by Gasteiger charge is -2.36. The van der Waals surface area contributed by atoms with E-state index in [9.17, 15) is 4.79 Å². The van der Waals surface area contributed by atoms with Crippen molar-refractivity contribution in [2.75, 3.05) is 6.54 Å². The lowest BCUT2D eigenvalue weighted by Crippen LogP contribution is -2.43. The number of aryl methyl sites for hydroxylation is 1. The predicted octanol–water partition coefficient (Wildman–Crippen LogP) is 1.49. The molecule has 0 saturated carbocycles. The van der Waals surface area contributed by atoms with Gasteiger partial charge in [-0.05, 0) is 19.8 Å². The summed E-state index contributed by atoms with van der Waals surface area (Å²) >= 11 is 0. The smallest absolute Gasteiger partial charge is 0.223 e. The van der Waals surface area contributed by atoms with Crippen molar-refractivity contribution < 1.29 is 9.32 Å². The van der Waals surface area contributed by atoms with Crippen molar-refractivity contribution in [3.8, 4) is 0 Å². The Hall–Kier alpha value is -1.39. The van der Waals surface area contributed by atoms with Crippen LogP contribution >= 0.6 is 0 Å². The normalized spacial score (nSPS) is 25.8. The van der Waals surface area contributed by atoms with Crippen LogP contribution in [-0.4, -0.2) is 33.5 Å². The van der Waals surface area contributed by atoms with Crippen molar-refractivity contribution in [2.24, 2.45) is 0 Å². The molecule has 0 N–H and O–H groups in total. The van der Waals surface area contributed by atoms with Gasteiger partial charge in [-0.25, -0.2) is 0 Å². The summed E-state index contributed by atoms with van der Waals surface area (Å²) in [6.07, 6.45) is 2.02. The van der Waals surface area contributed by atoms with Crippen LogP contribution in [0.25, 0.3) is 0 Å². The van der Waals surface area contributed by atoms with E-state index in [4.69, 9.17) is 4.52 Å². The lowest BCUT2D eigenvalue weighted by molar-refractivity contribution is -0.132. The molecule has 1 saturated heterocycles. The third-order valence-electron chi connectivity index (χ3n) is 3.19. The molecule has 5 nitrogen and oxygen atoms in total. The molecule has 1 amide bonds. The third-order valence-corrected chi connectivity index (χ3v) is 3.19. The van der Waals surface area contributed by atoms with Crippen molar-refractivity contribution in [3.05, 3.63) is 11.7 Å². The summed E-state index contributed by atoms with van der Waals surface area (Å²) in [5.41, 5.74) is 0. The SMILES string of the molecule is CC(=O)N1C[C@@H](c2noc(C)n2)CC[C@H]1C. The van der Waals surface area contributed by atoms with Crippen LogP contribution in [0.3, 0.4) is 0 Å². The fourth-order valence-corrected chi connectivity index (χ4v) is 2.24. The van der Waals surface area contributed by atoms with E-state index in [-0.39, 0.29) is 11.8 Å². The Bertz CT molecular complexity index is 388. The molecule has 0 aliphatic carbocycles. The zero-order valence-corrected chi connectivity index (χ0v) is 9.93. The minimum absolute atomic E-state index is 0.123. The fraction of sp³-hybridized carbons (Fsp3) is 0.727. The van der Waals surface area contributed by atoms with Gasteiger partial charge in [0.1, 0.15) is 0 Å². The molecule has 0 radical (unpaired) electrons. The second-order valence-electron chi connectivity index (χ2n) is 4.47. The molecule has 1 aromatic rings. The topological polar surface area (TPSA) is 59.2 Å². The highest BCUT2D eigenvalue weighted by atomic mass is 16.5. The van der Waals surface area contributed by atoms with Gasteiger partial charge < -0.3 is 9.42 Å². The number of piperidine rings is 1. The molecule has 0 aromatic carbocycles. The maximum atomic E-state index is 11.5. The maximum absolute atomic E-state index is 11.5. The molecular weight excluding hydrogens is 206 g/mol. The van der Waals surface area contributed by atoms with Gasteiger partial charge >= 0.3 is 0 Å². The largest absolute Gasteiger partial charge is 0.340 e. The van der Waals surface area contributed by atoms with E-state index >= 15 is 0 Å². The van der Waals surface area contributed by atoms with E-state index in [1.165, 1.54) is 0 Å². The van der Waals surface area contributed by atoms with Crippen LogP contribution in [0.15, 0.2) is 4.52 Å². The number of aromatic nitrogens is 2. The molecule has 1 aromatic heterocycles. The Balaban J connectivity index is 2.11. The first kappa shape index (κ1) is 11.1. The highest BCUT2D eigenvalue weighted by Gasteiger charge is 2.30. The van der Waals surface area contributed by atoms with E-state index in [2.05, 4.69) is 17.1 Å². The summed E-state index contributed by atoms with van der Waals surface area (Å²) in [5, 5.41) is 3.93. The van der Waals surface area contributed by atoms with Crippen molar-refractivity contribution >= 4 is 5.91 Å². The van der Waals surface area contributed by atoms with Gasteiger partial charge in [-0.3, -0.25) is 4.79 Å². The molecular formula is C11H17N3O2. The monoisotopic (exact) mass is 223 g/mol. The Labute approximate surface area is 94.8 Å². The summed E-state index contributed by atoms with van der Waals surface area (Å²) in [5.74, 6) is 1.66. The minimum Gasteiger partial charge on any atom is -0.340 e. The first-order valence-electron chi connectivity index (χ1n) is 5.65. The Morgan fingerprint density at radius 3 is 2.81 bits per heavy atom. The van der Waals surface area contributed by atoms with Gasteiger partial charge in [0, 0.05) is 32.4 Å². The van der Waals surface area contributed by atoms with Crippen LogP contribution < -0.4 is 0 Å². The zero-order chi connectivity index (χ0) is 11.7. The van der Waals surface area contributed by atoms with Crippen molar-refractivity contribution in [1.29, 1.82) is 0 Å². The van der Waals surface area contributed by atoms with Crippen LogP contribution in [0.2, 0.25) is 0 Å². The first-order chi connectivity index (χ1) is 7.58. The standard InChI is InChI=1S/C11H17N3O2/c1-7-4-5-10(6-14(7)9(3)15)11-12-8(2)16-13-11/h7,10H,4-6H2,1-3H3/t7-,10+/m1/s1. The van der Waals surface area contributed by atoms with Gasteiger partial charge in [-0.15, -0.1) is 0 Å². The van der Waals surface area contributed by atoms with Gasteiger partial charge in [0.15, 0.2) is 5.82 Å². The quantitative estimate of drug-likeness (QED) is 0.723. The van der Waals surface area contributed by atoms with E-state index in [0.717, 1.165) is 18.7 Å². The van der Waals surface area contributed by atoms with Gasteiger partial charge in [-0.1, -0.05) is 5.16 Å². The van der Waals surface area contributed by atoms with E-state index < -0.39 is 0 Å². The van der Waals surface area contributed by atoms with Crippen LogP contribution in [0.5, 0.6) is 0 Å². The van der Waals surface area contributed by atoms with Crippen molar-refractivity contribution in [3.63, 3.8) is 0 Å². The number of likely N-dealkylation sites (tertiary alicyclic amines) is 1. The fourth-order valence-electron chi connectivity index (χ4n) is 2.24. The summed E-state index contributed by atoms with van der Waals surface area (Å²) < 4.78 is 4.98. The van der Waals surface area contributed by atoms with Gasteiger partial charge in [-0.2, -0.15) is 4.98 Å². The number of nitrogens with zero attached hydrogens (tertiary/aromatic N) is 3. The van der Waals surface area contributed by atoms with Crippen molar-refractivity contribution in [2.45, 2.75) is 45.6 Å². The molecule has 1 aliphatic heterocycles. The molecule has 5 heteroatoms. The van der Waals surface area contributed by atoms with Crippen LogP contribution in [0.4, 0.5) is 0 Å². The highest BCUT2D eigenvalue weighted by Crippen LogP contribution is 2.28. The molecule has 0 spiro atoms. The summed E-state index contributed by atoms with van der Waals surface area (Å²) in [7, 11) is 0. The Morgan fingerprint density at radius 2 is 2.25 bits per heavy atom. The number of hydrogen-bond donors (Lipinski definition) is 0. The van der Waals surface area contributed by atoms with Gasteiger partial charge in [0.2, 0.25) is 11.8 Å². The van der Waals surface area contributed by atoms with E-state index in [1.807, 2.05) is 4.90 Å². The van der Waals surface area contributed by atoms with Crippen LogP contribution in [0, 0.1) is 6.92 Å². The molecule has 88 valence electrons. The average Bonchev–Trinajstić information content (AvgIpc) is 2.65. The number of carbonyl (C=O) groups excluding carboxylic acids is 1. The summed E-state index contributed by atoms with van der Waals surface area (Å²) in [6, 6.07) is 0.321. The molecule has 1 aliphatic rings. The molecule has 2 heterocycles. The van der Waals surface area contributed by atoms with E-state index in [0.29, 0.717) is 18.5 Å². The summed E-state index contributed by atoms with van der Waals surface area (Å²) in [6.45, 7) is 6.18. The number of carbonyl (C=O) groups is 1. The minimum atomic E-state index is 0.123. The molecule has 1 fully saturated rings. The number of rotatable bonds is 1. The molecule has 16 heavy (non-hydrogen) atoms. The second kappa shape index (κ2) is 4.23. The number of hydrogen-bond acceptors (Lipinski definition) is 4. The molecule has 2 rings (SSSR count). The second-order valence-corrected chi connectivity index (χ2v) is 4.47. The van der Waals surface area contributed by atoms with E-state index in [1.54, 1.807) is 13.8 Å². The maximum Gasteiger partial charge on any atom is 0.223 e. The average molecular weight is 223 g/mol.